The van der Waals surface area contributed by atoms with Gasteiger partial charge in [0, 0.05) is 18.8 Å². The molecule has 0 saturated carbocycles. The van der Waals surface area contributed by atoms with Gasteiger partial charge in [-0.05, 0) is 20.8 Å². The smallest absolute Gasteiger partial charge is 0.241 e. The summed E-state index contributed by atoms with van der Waals surface area (Å²) in [7, 11) is -3.41. The summed E-state index contributed by atoms with van der Waals surface area (Å²) in [6.45, 7) is 4.75. The van der Waals surface area contributed by atoms with Crippen LogP contribution in [0.3, 0.4) is 0 Å². The first-order valence-electron chi connectivity index (χ1n) is 4.33. The quantitative estimate of drug-likeness (QED) is 0.656. The molecule has 3 N–H and O–H groups in total. The number of hydrogen-bond donors (Lipinski definition) is 2. The summed E-state index contributed by atoms with van der Waals surface area (Å²) < 4.78 is 21.1. The minimum absolute atomic E-state index is 0.219. The van der Waals surface area contributed by atoms with Crippen LogP contribution < -0.4 is 11.1 Å². The number of nitrogens with two attached hydrogens (primary N) is 1. The Bertz CT molecular complexity index is 309. The van der Waals surface area contributed by atoms with Crippen LogP contribution in [-0.2, 0) is 14.6 Å². The minimum Gasteiger partial charge on any atom is -0.351 e. The highest BCUT2D eigenvalue weighted by molar-refractivity contribution is 7.92. The molecule has 0 fully saturated rings. The summed E-state index contributed by atoms with van der Waals surface area (Å²) in [5.41, 5.74) is 5.31. The molecule has 0 aromatic carbocycles. The molecule has 0 aliphatic heterocycles. The molecule has 0 aromatic heterocycles. The molecule has 1 amide bonds. The van der Waals surface area contributed by atoms with E-state index in [4.69, 9.17) is 5.73 Å². The van der Waals surface area contributed by atoms with Crippen molar-refractivity contribution in [1.82, 2.24) is 5.32 Å². The third kappa shape index (κ3) is 2.95. The van der Waals surface area contributed by atoms with Crippen LogP contribution in [0.4, 0.5) is 0 Å². The lowest BCUT2D eigenvalue weighted by Crippen LogP contribution is -2.51. The van der Waals surface area contributed by atoms with Gasteiger partial charge in [-0.3, -0.25) is 4.79 Å². The summed E-state index contributed by atoms with van der Waals surface area (Å²) in [5.74, 6) is -0.516. The summed E-state index contributed by atoms with van der Waals surface area (Å²) >= 11 is 0. The van der Waals surface area contributed by atoms with Crippen molar-refractivity contribution in [3.05, 3.63) is 0 Å². The number of carbonyl (C=O) groups is 1. The molecular formula is C8H18N2O3S. The molecule has 5 nitrogen and oxygen atoms in total. The Morgan fingerprint density at radius 1 is 1.50 bits per heavy atom. The molecule has 1 atom stereocenters. The molecule has 0 saturated heterocycles. The fourth-order valence-corrected chi connectivity index (χ4v) is 1.02. The van der Waals surface area contributed by atoms with Gasteiger partial charge in [0.1, 0.15) is 4.75 Å². The van der Waals surface area contributed by atoms with E-state index in [1.165, 1.54) is 13.8 Å². The zero-order chi connectivity index (χ0) is 11.6. The number of carbonyl (C=O) groups excluding carboxylic acids is 1. The molecule has 0 aliphatic carbocycles. The second-order valence-corrected chi connectivity index (χ2v) is 6.46. The van der Waals surface area contributed by atoms with Gasteiger partial charge in [-0.1, -0.05) is 0 Å². The molecule has 0 aliphatic rings. The minimum atomic E-state index is -3.41. The number of amides is 1. The number of sulfone groups is 1. The normalized spacial score (nSPS) is 14.9. The first-order valence-corrected chi connectivity index (χ1v) is 6.22. The van der Waals surface area contributed by atoms with Crippen LogP contribution in [0, 0.1) is 0 Å². The van der Waals surface area contributed by atoms with Gasteiger partial charge in [-0.2, -0.15) is 0 Å². The zero-order valence-electron chi connectivity index (χ0n) is 8.99. The molecular weight excluding hydrogens is 204 g/mol. The molecule has 84 valence electrons. The SMILES string of the molecule is C[C@H](CN)NC(=O)C(C)(C)S(C)(=O)=O. The molecule has 0 spiro atoms. The van der Waals surface area contributed by atoms with Crippen molar-refractivity contribution < 1.29 is 13.2 Å². The van der Waals surface area contributed by atoms with Crippen LogP contribution in [0.5, 0.6) is 0 Å². The fourth-order valence-electron chi connectivity index (χ4n) is 0.625. The summed E-state index contributed by atoms with van der Waals surface area (Å²) in [6.07, 6.45) is 1.04. The maximum absolute atomic E-state index is 11.5. The van der Waals surface area contributed by atoms with Crippen LogP contribution in [0.2, 0.25) is 0 Å². The Hall–Kier alpha value is -0.620. The zero-order valence-corrected chi connectivity index (χ0v) is 9.81. The fraction of sp³-hybridized carbons (Fsp3) is 0.875. The predicted octanol–water partition coefficient (Wildman–Crippen LogP) is -0.727. The molecule has 0 bridgehead atoms. The molecule has 0 aromatic rings. The second kappa shape index (κ2) is 4.27. The van der Waals surface area contributed by atoms with E-state index in [-0.39, 0.29) is 12.6 Å². The average Bonchev–Trinajstić information content (AvgIpc) is 2.01. The van der Waals surface area contributed by atoms with Gasteiger partial charge in [0.25, 0.3) is 0 Å². The lowest BCUT2D eigenvalue weighted by atomic mass is 10.2. The summed E-state index contributed by atoms with van der Waals surface area (Å²) in [6, 6.07) is -0.219. The monoisotopic (exact) mass is 222 g/mol. The van der Waals surface area contributed by atoms with Crippen molar-refractivity contribution in [3.8, 4) is 0 Å². The Morgan fingerprint density at radius 2 is 1.93 bits per heavy atom. The third-order valence-electron chi connectivity index (χ3n) is 2.20. The Balaban J connectivity index is 4.70. The van der Waals surface area contributed by atoms with Crippen molar-refractivity contribution in [2.24, 2.45) is 5.73 Å². The lowest BCUT2D eigenvalue weighted by Gasteiger charge is -2.23. The van der Waals surface area contributed by atoms with E-state index in [0.717, 1.165) is 6.26 Å². The summed E-state index contributed by atoms with van der Waals surface area (Å²) in [5, 5.41) is 2.53. The molecule has 0 rings (SSSR count). The average molecular weight is 222 g/mol. The van der Waals surface area contributed by atoms with Crippen LogP contribution >= 0.6 is 0 Å². The van der Waals surface area contributed by atoms with Gasteiger partial charge in [0.15, 0.2) is 9.84 Å². The number of nitrogens with one attached hydrogen (secondary N) is 1. The summed E-state index contributed by atoms with van der Waals surface area (Å²) in [4.78, 5) is 11.5. The Labute approximate surface area is 85.0 Å². The van der Waals surface area contributed by atoms with Gasteiger partial charge in [-0.15, -0.1) is 0 Å². The number of rotatable bonds is 4. The van der Waals surface area contributed by atoms with E-state index in [2.05, 4.69) is 5.32 Å². The Morgan fingerprint density at radius 3 is 2.21 bits per heavy atom. The number of hydrogen-bond acceptors (Lipinski definition) is 4. The second-order valence-electron chi connectivity index (χ2n) is 3.89. The molecule has 0 heterocycles. The topological polar surface area (TPSA) is 89.3 Å². The maximum atomic E-state index is 11.5. The lowest BCUT2D eigenvalue weighted by molar-refractivity contribution is -0.123. The van der Waals surface area contributed by atoms with Crippen LogP contribution in [0.1, 0.15) is 20.8 Å². The van der Waals surface area contributed by atoms with Gasteiger partial charge in [-0.25, -0.2) is 8.42 Å². The third-order valence-corrected chi connectivity index (χ3v) is 4.24. The predicted molar refractivity (Wildman–Crippen MR) is 55.6 cm³/mol. The van der Waals surface area contributed by atoms with Crippen molar-refractivity contribution in [3.63, 3.8) is 0 Å². The molecule has 0 unspecified atom stereocenters. The first kappa shape index (κ1) is 13.4. The van der Waals surface area contributed by atoms with Gasteiger partial charge >= 0.3 is 0 Å². The Kier molecular flexibility index (Phi) is 4.08. The van der Waals surface area contributed by atoms with Gasteiger partial charge < -0.3 is 11.1 Å². The van der Waals surface area contributed by atoms with E-state index in [9.17, 15) is 13.2 Å². The van der Waals surface area contributed by atoms with Crippen molar-refractivity contribution in [1.29, 1.82) is 0 Å². The molecule has 14 heavy (non-hydrogen) atoms. The van der Waals surface area contributed by atoms with Crippen LogP contribution in [0.15, 0.2) is 0 Å². The van der Waals surface area contributed by atoms with Crippen molar-refractivity contribution >= 4 is 15.7 Å². The highest BCUT2D eigenvalue weighted by Crippen LogP contribution is 2.15. The molecule has 0 radical (unpaired) electrons. The van der Waals surface area contributed by atoms with Crippen LogP contribution in [0.25, 0.3) is 0 Å². The van der Waals surface area contributed by atoms with Gasteiger partial charge in [0.05, 0.1) is 0 Å². The van der Waals surface area contributed by atoms with Crippen molar-refractivity contribution in [2.45, 2.75) is 31.6 Å². The van der Waals surface area contributed by atoms with E-state index in [1.807, 2.05) is 0 Å². The first-order chi connectivity index (χ1) is 6.13. The van der Waals surface area contributed by atoms with E-state index in [1.54, 1.807) is 6.92 Å². The maximum Gasteiger partial charge on any atom is 0.241 e. The van der Waals surface area contributed by atoms with E-state index >= 15 is 0 Å². The van der Waals surface area contributed by atoms with Gasteiger partial charge in [0.2, 0.25) is 5.91 Å². The standard InChI is InChI=1S/C8H18N2O3S/c1-6(5-9)10-7(11)8(2,3)14(4,12)13/h6H,5,9H2,1-4H3,(H,10,11)/t6-/m1/s1. The van der Waals surface area contributed by atoms with E-state index in [0.29, 0.717) is 0 Å². The van der Waals surface area contributed by atoms with E-state index < -0.39 is 20.5 Å². The molecule has 6 heteroatoms. The van der Waals surface area contributed by atoms with Crippen LogP contribution in [-0.4, -0.2) is 37.9 Å². The highest BCUT2D eigenvalue weighted by atomic mass is 32.2. The highest BCUT2D eigenvalue weighted by Gasteiger charge is 2.38. The largest absolute Gasteiger partial charge is 0.351 e. The van der Waals surface area contributed by atoms with Crippen molar-refractivity contribution in [2.75, 3.05) is 12.8 Å².